The van der Waals surface area contributed by atoms with E-state index >= 15 is 0 Å². The highest BCUT2D eigenvalue weighted by Crippen LogP contribution is 2.29. The van der Waals surface area contributed by atoms with E-state index in [0.717, 1.165) is 17.7 Å². The zero-order chi connectivity index (χ0) is 14.4. The molecule has 1 unspecified atom stereocenters. The van der Waals surface area contributed by atoms with Gasteiger partial charge in [-0.05, 0) is 50.1 Å². The maximum Gasteiger partial charge on any atom is 0.305 e. The molecule has 0 spiro atoms. The van der Waals surface area contributed by atoms with E-state index < -0.39 is 0 Å². The Labute approximate surface area is 115 Å². The SMILES string of the molecule is CNC(CCC(=O)OC)c1ccc(OC)c(C)c1C. The van der Waals surface area contributed by atoms with Gasteiger partial charge in [0.15, 0.2) is 0 Å². The Morgan fingerprint density at radius 3 is 2.47 bits per heavy atom. The first-order valence-electron chi connectivity index (χ1n) is 6.43. The van der Waals surface area contributed by atoms with Gasteiger partial charge in [-0.3, -0.25) is 4.79 Å². The monoisotopic (exact) mass is 265 g/mol. The van der Waals surface area contributed by atoms with Crippen LogP contribution in [-0.2, 0) is 9.53 Å². The van der Waals surface area contributed by atoms with Crippen molar-refractivity contribution in [3.8, 4) is 5.75 Å². The van der Waals surface area contributed by atoms with Crippen molar-refractivity contribution in [3.63, 3.8) is 0 Å². The van der Waals surface area contributed by atoms with Gasteiger partial charge in [0.25, 0.3) is 0 Å². The topological polar surface area (TPSA) is 47.6 Å². The molecule has 1 N–H and O–H groups in total. The third-order valence-electron chi connectivity index (χ3n) is 3.59. The summed E-state index contributed by atoms with van der Waals surface area (Å²) in [6.07, 6.45) is 1.13. The fourth-order valence-electron chi connectivity index (χ4n) is 2.23. The Balaban J connectivity index is 2.93. The number of benzene rings is 1. The van der Waals surface area contributed by atoms with Crippen LogP contribution < -0.4 is 10.1 Å². The first-order valence-corrected chi connectivity index (χ1v) is 6.43. The van der Waals surface area contributed by atoms with Crippen LogP contribution in [0.4, 0.5) is 0 Å². The van der Waals surface area contributed by atoms with Crippen LogP contribution in [-0.4, -0.2) is 27.2 Å². The molecule has 1 rings (SSSR count). The predicted octanol–water partition coefficient (Wildman–Crippen LogP) is 2.53. The summed E-state index contributed by atoms with van der Waals surface area (Å²) >= 11 is 0. The van der Waals surface area contributed by atoms with Crippen molar-refractivity contribution in [1.82, 2.24) is 5.32 Å². The first-order chi connectivity index (χ1) is 9.04. The molecule has 1 aromatic carbocycles. The van der Waals surface area contributed by atoms with Crippen LogP contribution in [0.1, 0.15) is 35.6 Å². The van der Waals surface area contributed by atoms with Crippen molar-refractivity contribution in [2.45, 2.75) is 32.7 Å². The molecular formula is C15H23NO3. The number of nitrogens with one attached hydrogen (secondary N) is 1. The predicted molar refractivity (Wildman–Crippen MR) is 75.5 cm³/mol. The number of esters is 1. The standard InChI is InChI=1S/C15H23NO3/c1-10-11(2)14(18-4)8-6-12(10)13(16-3)7-9-15(17)19-5/h6,8,13,16H,7,9H2,1-5H3. The Kier molecular flexibility index (Phi) is 5.83. The minimum Gasteiger partial charge on any atom is -0.496 e. The molecule has 0 aliphatic carbocycles. The van der Waals surface area contributed by atoms with Crippen LogP contribution in [0.2, 0.25) is 0 Å². The third-order valence-corrected chi connectivity index (χ3v) is 3.59. The smallest absolute Gasteiger partial charge is 0.305 e. The molecule has 0 heterocycles. The van der Waals surface area contributed by atoms with Gasteiger partial charge in [0.1, 0.15) is 5.75 Å². The Morgan fingerprint density at radius 1 is 1.26 bits per heavy atom. The lowest BCUT2D eigenvalue weighted by Crippen LogP contribution is -2.19. The van der Waals surface area contributed by atoms with Gasteiger partial charge in [-0.15, -0.1) is 0 Å². The molecule has 1 atom stereocenters. The Morgan fingerprint density at radius 2 is 1.95 bits per heavy atom. The Hall–Kier alpha value is -1.55. The van der Waals surface area contributed by atoms with Gasteiger partial charge in [-0.2, -0.15) is 0 Å². The fraction of sp³-hybridized carbons (Fsp3) is 0.533. The van der Waals surface area contributed by atoms with Gasteiger partial charge in [-0.1, -0.05) is 6.07 Å². The summed E-state index contributed by atoms with van der Waals surface area (Å²) in [5.41, 5.74) is 3.53. The second kappa shape index (κ2) is 7.14. The highest BCUT2D eigenvalue weighted by atomic mass is 16.5. The molecule has 4 heteroatoms. The highest BCUT2D eigenvalue weighted by molar-refractivity contribution is 5.69. The maximum absolute atomic E-state index is 11.2. The zero-order valence-electron chi connectivity index (χ0n) is 12.4. The minimum absolute atomic E-state index is 0.142. The maximum atomic E-state index is 11.2. The normalized spacial score (nSPS) is 12.1. The molecule has 0 radical (unpaired) electrons. The molecule has 0 fully saturated rings. The molecule has 19 heavy (non-hydrogen) atoms. The zero-order valence-corrected chi connectivity index (χ0v) is 12.4. The summed E-state index contributed by atoms with van der Waals surface area (Å²) in [5, 5.41) is 3.25. The lowest BCUT2D eigenvalue weighted by molar-refractivity contribution is -0.140. The number of carbonyl (C=O) groups is 1. The number of hydrogen-bond acceptors (Lipinski definition) is 4. The summed E-state index contributed by atoms with van der Waals surface area (Å²) in [6.45, 7) is 4.13. The van der Waals surface area contributed by atoms with E-state index in [2.05, 4.69) is 23.0 Å². The number of rotatable bonds is 6. The largest absolute Gasteiger partial charge is 0.496 e. The van der Waals surface area contributed by atoms with E-state index in [1.807, 2.05) is 20.0 Å². The molecule has 0 saturated heterocycles. The molecule has 0 aliphatic heterocycles. The molecule has 106 valence electrons. The van der Waals surface area contributed by atoms with Crippen molar-refractivity contribution in [2.24, 2.45) is 0 Å². The average Bonchev–Trinajstić information content (AvgIpc) is 2.43. The van der Waals surface area contributed by atoms with Crippen molar-refractivity contribution < 1.29 is 14.3 Å². The number of carbonyl (C=O) groups excluding carboxylic acids is 1. The van der Waals surface area contributed by atoms with E-state index in [-0.39, 0.29) is 12.0 Å². The summed E-state index contributed by atoms with van der Waals surface area (Å²) in [7, 11) is 4.99. The average molecular weight is 265 g/mol. The first kappa shape index (κ1) is 15.5. The number of ether oxygens (including phenoxy) is 2. The third kappa shape index (κ3) is 3.70. The van der Waals surface area contributed by atoms with Crippen LogP contribution in [0.25, 0.3) is 0 Å². The van der Waals surface area contributed by atoms with Crippen LogP contribution in [0.15, 0.2) is 12.1 Å². The van der Waals surface area contributed by atoms with Crippen LogP contribution in [0, 0.1) is 13.8 Å². The molecule has 0 bridgehead atoms. The lowest BCUT2D eigenvalue weighted by Gasteiger charge is -2.20. The molecule has 0 aromatic heterocycles. The molecule has 0 aliphatic rings. The van der Waals surface area contributed by atoms with Crippen molar-refractivity contribution in [3.05, 3.63) is 28.8 Å². The fourth-order valence-corrected chi connectivity index (χ4v) is 2.23. The summed E-state index contributed by atoms with van der Waals surface area (Å²) < 4.78 is 10.00. The van der Waals surface area contributed by atoms with Gasteiger partial charge in [-0.25, -0.2) is 0 Å². The highest BCUT2D eigenvalue weighted by Gasteiger charge is 2.16. The summed E-state index contributed by atoms with van der Waals surface area (Å²) in [4.78, 5) is 11.2. The van der Waals surface area contributed by atoms with E-state index in [4.69, 9.17) is 4.74 Å². The molecule has 0 saturated carbocycles. The number of hydrogen-bond donors (Lipinski definition) is 1. The van der Waals surface area contributed by atoms with Crippen LogP contribution >= 0.6 is 0 Å². The Bertz CT molecular complexity index is 443. The van der Waals surface area contributed by atoms with Crippen molar-refractivity contribution in [2.75, 3.05) is 21.3 Å². The molecule has 0 amide bonds. The van der Waals surface area contributed by atoms with Crippen LogP contribution in [0.5, 0.6) is 5.75 Å². The van der Waals surface area contributed by atoms with E-state index in [9.17, 15) is 4.79 Å². The summed E-state index contributed by atoms with van der Waals surface area (Å²) in [6, 6.07) is 4.17. The van der Waals surface area contributed by atoms with Gasteiger partial charge >= 0.3 is 5.97 Å². The quantitative estimate of drug-likeness (QED) is 0.803. The van der Waals surface area contributed by atoms with Gasteiger partial charge in [0.2, 0.25) is 0 Å². The second-order valence-electron chi connectivity index (χ2n) is 4.56. The van der Waals surface area contributed by atoms with E-state index in [0.29, 0.717) is 6.42 Å². The van der Waals surface area contributed by atoms with Crippen molar-refractivity contribution >= 4 is 5.97 Å². The van der Waals surface area contributed by atoms with Crippen LogP contribution in [0.3, 0.4) is 0 Å². The molecule has 4 nitrogen and oxygen atoms in total. The van der Waals surface area contributed by atoms with Gasteiger partial charge in [0, 0.05) is 12.5 Å². The van der Waals surface area contributed by atoms with Gasteiger partial charge < -0.3 is 14.8 Å². The van der Waals surface area contributed by atoms with Gasteiger partial charge in [0.05, 0.1) is 14.2 Å². The minimum atomic E-state index is -0.178. The summed E-state index contributed by atoms with van der Waals surface area (Å²) in [5.74, 6) is 0.715. The molecule has 1 aromatic rings. The van der Waals surface area contributed by atoms with Crippen molar-refractivity contribution in [1.29, 1.82) is 0 Å². The second-order valence-corrected chi connectivity index (χ2v) is 4.56. The van der Waals surface area contributed by atoms with E-state index in [1.54, 1.807) is 7.11 Å². The number of methoxy groups -OCH3 is 2. The van der Waals surface area contributed by atoms with E-state index in [1.165, 1.54) is 18.2 Å². The lowest BCUT2D eigenvalue weighted by atomic mass is 9.94. The molecular weight excluding hydrogens is 242 g/mol.